The van der Waals surface area contributed by atoms with Crippen LogP contribution in [-0.4, -0.2) is 25.6 Å². The number of nitrogens with zero attached hydrogens (tertiary/aromatic N) is 5. The lowest BCUT2D eigenvalue weighted by Crippen LogP contribution is -2.20. The molecule has 0 spiro atoms. The largest absolute Gasteiger partial charge is 0.416 e. The van der Waals surface area contributed by atoms with Gasteiger partial charge < -0.3 is 15.9 Å². The minimum atomic E-state index is -4.55. The van der Waals surface area contributed by atoms with Gasteiger partial charge in [-0.25, -0.2) is 25.9 Å². The number of aromatic nitrogens is 4. The predicted octanol–water partition coefficient (Wildman–Crippen LogP) is 4.46. The van der Waals surface area contributed by atoms with Gasteiger partial charge in [-0.15, -0.1) is 0 Å². The van der Waals surface area contributed by atoms with E-state index < -0.39 is 17.8 Å². The Morgan fingerprint density at radius 1 is 1.15 bits per heavy atom. The monoisotopic (exact) mass is 452 g/mol. The molecule has 12 heteroatoms. The first-order chi connectivity index (χ1) is 15.8. The molecular formula is C21H15F3N8O. The van der Waals surface area contributed by atoms with Crippen molar-refractivity contribution in [2.45, 2.75) is 12.7 Å². The number of nitrogen functional groups attached to an aromatic ring is 1. The summed E-state index contributed by atoms with van der Waals surface area (Å²) in [6.45, 7) is 7.32. The molecule has 3 heterocycles. The number of carbonyl (C=O) groups excluding carboxylic acids is 1. The van der Waals surface area contributed by atoms with E-state index in [-0.39, 0.29) is 18.2 Å². The van der Waals surface area contributed by atoms with Crippen LogP contribution >= 0.6 is 0 Å². The highest BCUT2D eigenvalue weighted by atomic mass is 19.4. The van der Waals surface area contributed by atoms with E-state index in [9.17, 15) is 18.0 Å². The maximum atomic E-state index is 12.8. The predicted molar refractivity (Wildman–Crippen MR) is 115 cm³/mol. The van der Waals surface area contributed by atoms with Crippen molar-refractivity contribution in [1.82, 2.24) is 19.6 Å². The molecule has 9 nitrogen and oxygen atoms in total. The molecule has 0 radical (unpaired) electrons. The summed E-state index contributed by atoms with van der Waals surface area (Å²) >= 11 is 0. The zero-order valence-electron chi connectivity index (χ0n) is 16.8. The van der Waals surface area contributed by atoms with E-state index in [1.807, 2.05) is 0 Å². The molecule has 1 aromatic carbocycles. The Kier molecular flexibility index (Phi) is 5.53. The molecule has 0 atom stereocenters. The Hall–Kier alpha value is -4.66. The van der Waals surface area contributed by atoms with Gasteiger partial charge in [0.2, 0.25) is 6.54 Å². The molecule has 0 saturated carbocycles. The first kappa shape index (κ1) is 21.6. The fourth-order valence-corrected chi connectivity index (χ4v) is 3.29. The maximum Gasteiger partial charge on any atom is 0.416 e. The van der Waals surface area contributed by atoms with Crippen LogP contribution < -0.4 is 16.4 Å². The summed E-state index contributed by atoms with van der Waals surface area (Å²) in [7, 11) is 0. The van der Waals surface area contributed by atoms with E-state index in [1.165, 1.54) is 6.33 Å². The van der Waals surface area contributed by atoms with Crippen LogP contribution in [0.25, 0.3) is 21.5 Å². The van der Waals surface area contributed by atoms with Crippen LogP contribution in [0.4, 0.5) is 35.3 Å². The van der Waals surface area contributed by atoms with Crippen LogP contribution in [0.3, 0.4) is 0 Å². The molecule has 0 bridgehead atoms. The number of carbonyl (C=O) groups is 1. The lowest BCUT2D eigenvalue weighted by atomic mass is 10.0. The molecular weight excluding hydrogens is 437 g/mol. The second-order valence-corrected chi connectivity index (χ2v) is 6.87. The van der Waals surface area contributed by atoms with Gasteiger partial charge in [0.1, 0.15) is 17.7 Å². The fraction of sp³-hybridized carbons (Fsp3) is 0.0952. The third-order valence-corrected chi connectivity index (χ3v) is 4.69. The second-order valence-electron chi connectivity index (χ2n) is 6.87. The molecule has 0 saturated heterocycles. The summed E-state index contributed by atoms with van der Waals surface area (Å²) in [5, 5.41) is 8.94. The number of fused-ring (bicyclic) bond motifs is 1. The average Bonchev–Trinajstić information content (AvgIpc) is 3.13. The van der Waals surface area contributed by atoms with Gasteiger partial charge in [0, 0.05) is 23.6 Å². The highest BCUT2D eigenvalue weighted by Crippen LogP contribution is 2.33. The maximum absolute atomic E-state index is 12.8. The van der Waals surface area contributed by atoms with Gasteiger partial charge in [-0.1, -0.05) is 12.1 Å². The molecule has 2 amide bonds. The molecule has 3 aromatic heterocycles. The zero-order valence-corrected chi connectivity index (χ0v) is 16.8. The van der Waals surface area contributed by atoms with E-state index in [2.05, 4.69) is 30.5 Å². The van der Waals surface area contributed by atoms with Crippen molar-refractivity contribution in [3.8, 4) is 11.1 Å². The molecule has 0 aliphatic heterocycles. The molecule has 4 rings (SSSR count). The first-order valence-corrected chi connectivity index (χ1v) is 9.42. The number of urea groups is 1. The topological polar surface area (TPSA) is 115 Å². The standard InChI is InChI=1S/C21H15F3N8O/c1-26-9-13-10-32-18(19(25)28-11-29-32)17(13)12-2-4-15(5-3-12)30-20(33)31-16-8-14(6-7-27-16)21(22,23)24/h2-8,10-11H,9H2,(H2,25,28,29)(H2,27,30,31,33). The summed E-state index contributed by atoms with van der Waals surface area (Å²) < 4.78 is 40.0. The number of hydrogen-bond donors (Lipinski definition) is 3. The molecule has 33 heavy (non-hydrogen) atoms. The van der Waals surface area contributed by atoms with Gasteiger partial charge in [-0.2, -0.15) is 18.3 Å². The van der Waals surface area contributed by atoms with Gasteiger partial charge in [-0.3, -0.25) is 5.32 Å². The Morgan fingerprint density at radius 3 is 2.61 bits per heavy atom. The highest BCUT2D eigenvalue weighted by Gasteiger charge is 2.30. The van der Waals surface area contributed by atoms with Gasteiger partial charge in [-0.05, 0) is 29.8 Å². The molecule has 0 aliphatic rings. The first-order valence-electron chi connectivity index (χ1n) is 9.42. The minimum absolute atomic E-state index is 0.116. The quantitative estimate of drug-likeness (QED) is 0.396. The van der Waals surface area contributed by atoms with Crippen molar-refractivity contribution in [3.05, 3.63) is 77.7 Å². The average molecular weight is 452 g/mol. The van der Waals surface area contributed by atoms with E-state index in [1.54, 1.807) is 35.0 Å². The van der Waals surface area contributed by atoms with Crippen molar-refractivity contribution in [2.24, 2.45) is 0 Å². The lowest BCUT2D eigenvalue weighted by molar-refractivity contribution is -0.137. The third-order valence-electron chi connectivity index (χ3n) is 4.69. The normalized spacial score (nSPS) is 11.2. The van der Waals surface area contributed by atoms with E-state index in [4.69, 9.17) is 12.3 Å². The number of pyridine rings is 1. The Balaban J connectivity index is 1.55. The van der Waals surface area contributed by atoms with Crippen LogP contribution in [0, 0.1) is 6.57 Å². The van der Waals surface area contributed by atoms with Crippen molar-refractivity contribution >= 4 is 28.9 Å². The number of hydrogen-bond acceptors (Lipinski definition) is 5. The number of anilines is 3. The summed E-state index contributed by atoms with van der Waals surface area (Å²) in [5.41, 5.74) is 8.19. The van der Waals surface area contributed by atoms with Crippen LogP contribution in [-0.2, 0) is 12.7 Å². The third kappa shape index (κ3) is 4.52. The van der Waals surface area contributed by atoms with Crippen molar-refractivity contribution < 1.29 is 18.0 Å². The Labute approximate surface area is 184 Å². The number of rotatable bonds is 4. The molecule has 4 aromatic rings. The van der Waals surface area contributed by atoms with E-state index in [0.717, 1.165) is 23.9 Å². The van der Waals surface area contributed by atoms with E-state index >= 15 is 0 Å². The molecule has 4 N–H and O–H groups in total. The van der Waals surface area contributed by atoms with Crippen molar-refractivity contribution in [3.63, 3.8) is 0 Å². The molecule has 166 valence electrons. The number of benzene rings is 1. The van der Waals surface area contributed by atoms with Crippen LogP contribution in [0.2, 0.25) is 0 Å². The van der Waals surface area contributed by atoms with E-state index in [0.29, 0.717) is 22.3 Å². The summed E-state index contributed by atoms with van der Waals surface area (Å²) in [6, 6.07) is 7.45. The van der Waals surface area contributed by atoms with Crippen molar-refractivity contribution in [1.29, 1.82) is 0 Å². The number of halogens is 3. The Morgan fingerprint density at radius 2 is 1.91 bits per heavy atom. The van der Waals surface area contributed by atoms with Gasteiger partial charge >= 0.3 is 12.2 Å². The van der Waals surface area contributed by atoms with Gasteiger partial charge in [0.25, 0.3) is 0 Å². The SMILES string of the molecule is [C-]#[N+]Cc1cn2ncnc(N)c2c1-c1ccc(NC(=O)Nc2cc(C(F)(F)F)ccn2)cc1. The molecule has 0 aliphatic carbocycles. The fourth-order valence-electron chi connectivity index (χ4n) is 3.29. The lowest BCUT2D eigenvalue weighted by Gasteiger charge is -2.10. The zero-order chi connectivity index (χ0) is 23.6. The smallest absolute Gasteiger partial charge is 0.382 e. The van der Waals surface area contributed by atoms with Crippen LogP contribution in [0.15, 0.2) is 55.1 Å². The second kappa shape index (κ2) is 8.46. The number of nitrogens with one attached hydrogen (secondary N) is 2. The number of alkyl halides is 3. The summed E-state index contributed by atoms with van der Waals surface area (Å²) in [4.78, 5) is 23.4. The summed E-state index contributed by atoms with van der Waals surface area (Å²) in [5.74, 6) is 0.0184. The van der Waals surface area contributed by atoms with Crippen LogP contribution in [0.1, 0.15) is 11.1 Å². The minimum Gasteiger partial charge on any atom is -0.382 e. The van der Waals surface area contributed by atoms with Crippen molar-refractivity contribution in [2.75, 3.05) is 16.4 Å². The van der Waals surface area contributed by atoms with Crippen LogP contribution in [0.5, 0.6) is 0 Å². The Bertz CT molecular complexity index is 1370. The number of nitrogens with two attached hydrogens (primary N) is 1. The van der Waals surface area contributed by atoms with Gasteiger partial charge in [0.15, 0.2) is 5.82 Å². The molecule has 0 unspecified atom stereocenters. The summed E-state index contributed by atoms with van der Waals surface area (Å²) in [6.07, 6.45) is -0.553. The van der Waals surface area contributed by atoms with Gasteiger partial charge in [0.05, 0.1) is 11.1 Å². The molecule has 0 fully saturated rings. The highest BCUT2D eigenvalue weighted by molar-refractivity contribution is 5.99. The number of amides is 2.